The van der Waals surface area contributed by atoms with Crippen LogP contribution in [0.5, 0.6) is 5.75 Å². The molecule has 1 amide bonds. The van der Waals surface area contributed by atoms with Gasteiger partial charge in [-0.25, -0.2) is 4.79 Å². The number of hydrogen-bond acceptors (Lipinski definition) is 4. The van der Waals surface area contributed by atoms with Gasteiger partial charge in [0.05, 0.1) is 13.7 Å². The molecule has 0 fully saturated rings. The molecule has 2 aromatic carbocycles. The van der Waals surface area contributed by atoms with Crippen LogP contribution in [0.15, 0.2) is 54.3 Å². The van der Waals surface area contributed by atoms with Crippen molar-refractivity contribution in [3.63, 3.8) is 0 Å². The molecule has 0 aromatic heterocycles. The Hall–Kier alpha value is -2.82. The van der Waals surface area contributed by atoms with E-state index in [4.69, 9.17) is 9.47 Å². The SMILES string of the molecule is COC(=O)C(CC(C)C)N1CC(Oc2cccc3ccccc23)=CC1=O. The standard InChI is InChI=1S/C21H23NO4/c1-14(2)11-18(21(24)25-3)22-13-16(12-20(22)23)26-19-10-6-8-15-7-4-5-9-17(15)19/h4-10,12,14,18H,11,13H2,1-3H3. The fraction of sp³-hybridized carbons (Fsp3) is 0.333. The van der Waals surface area contributed by atoms with Gasteiger partial charge < -0.3 is 14.4 Å². The largest absolute Gasteiger partial charge is 0.467 e. The number of benzene rings is 2. The van der Waals surface area contributed by atoms with E-state index in [1.54, 1.807) is 0 Å². The molecule has 5 heteroatoms. The van der Waals surface area contributed by atoms with E-state index in [0.29, 0.717) is 17.9 Å². The van der Waals surface area contributed by atoms with Gasteiger partial charge in [-0.3, -0.25) is 4.79 Å². The molecule has 1 aliphatic rings. The monoisotopic (exact) mass is 353 g/mol. The Balaban J connectivity index is 1.80. The minimum Gasteiger partial charge on any atom is -0.467 e. The molecule has 1 aliphatic heterocycles. The highest BCUT2D eigenvalue weighted by Gasteiger charge is 2.35. The maximum absolute atomic E-state index is 12.4. The van der Waals surface area contributed by atoms with Crippen LogP contribution in [0.4, 0.5) is 0 Å². The van der Waals surface area contributed by atoms with E-state index >= 15 is 0 Å². The summed E-state index contributed by atoms with van der Waals surface area (Å²) in [5.74, 6) is 0.865. The molecule has 3 rings (SSSR count). The van der Waals surface area contributed by atoms with E-state index in [1.165, 1.54) is 18.1 Å². The fourth-order valence-electron chi connectivity index (χ4n) is 3.20. The highest BCUT2D eigenvalue weighted by Crippen LogP contribution is 2.29. The van der Waals surface area contributed by atoms with Crippen molar-refractivity contribution >= 4 is 22.6 Å². The Morgan fingerprint density at radius 1 is 1.15 bits per heavy atom. The summed E-state index contributed by atoms with van der Waals surface area (Å²) in [5.41, 5.74) is 0. The lowest BCUT2D eigenvalue weighted by atomic mass is 10.0. The number of carbonyl (C=O) groups is 2. The second-order valence-corrected chi connectivity index (χ2v) is 6.82. The van der Waals surface area contributed by atoms with Crippen LogP contribution in [0.2, 0.25) is 0 Å². The summed E-state index contributed by atoms with van der Waals surface area (Å²) in [5, 5.41) is 2.05. The Morgan fingerprint density at radius 2 is 1.88 bits per heavy atom. The zero-order valence-corrected chi connectivity index (χ0v) is 15.3. The predicted octanol–water partition coefficient (Wildman–Crippen LogP) is 3.53. The molecule has 136 valence electrons. The zero-order valence-electron chi connectivity index (χ0n) is 15.3. The van der Waals surface area contributed by atoms with E-state index in [-0.39, 0.29) is 18.4 Å². The van der Waals surface area contributed by atoms with E-state index in [2.05, 4.69) is 0 Å². The lowest BCUT2D eigenvalue weighted by Gasteiger charge is -2.27. The Kier molecular flexibility index (Phi) is 5.26. The highest BCUT2D eigenvalue weighted by atomic mass is 16.5. The molecule has 0 saturated carbocycles. The average Bonchev–Trinajstić information content (AvgIpc) is 2.99. The summed E-state index contributed by atoms with van der Waals surface area (Å²) < 4.78 is 10.9. The molecule has 1 atom stereocenters. The van der Waals surface area contributed by atoms with Gasteiger partial charge >= 0.3 is 5.97 Å². The molecule has 5 nitrogen and oxygen atoms in total. The van der Waals surface area contributed by atoms with Crippen molar-refractivity contribution < 1.29 is 19.1 Å². The Bertz CT molecular complexity index is 851. The van der Waals surface area contributed by atoms with Crippen molar-refractivity contribution in [2.24, 2.45) is 5.92 Å². The zero-order chi connectivity index (χ0) is 18.7. The van der Waals surface area contributed by atoms with Crippen molar-refractivity contribution in [2.45, 2.75) is 26.3 Å². The fourth-order valence-corrected chi connectivity index (χ4v) is 3.20. The third-order valence-corrected chi connectivity index (χ3v) is 4.43. The number of ether oxygens (including phenoxy) is 2. The number of esters is 1. The van der Waals surface area contributed by atoms with Crippen LogP contribution >= 0.6 is 0 Å². The first kappa shape index (κ1) is 18.0. The first-order valence-electron chi connectivity index (χ1n) is 8.74. The smallest absolute Gasteiger partial charge is 0.328 e. The number of fused-ring (bicyclic) bond motifs is 1. The van der Waals surface area contributed by atoms with Gasteiger partial charge in [-0.2, -0.15) is 0 Å². The molecule has 1 heterocycles. The molecule has 2 aromatic rings. The maximum atomic E-state index is 12.4. The molecule has 1 unspecified atom stereocenters. The Labute approximate surface area is 153 Å². The number of rotatable bonds is 6. The average molecular weight is 353 g/mol. The summed E-state index contributed by atoms with van der Waals surface area (Å²) >= 11 is 0. The molecule has 0 saturated heterocycles. The van der Waals surface area contributed by atoms with Gasteiger partial charge in [0, 0.05) is 11.5 Å². The summed E-state index contributed by atoms with van der Waals surface area (Å²) in [6, 6.07) is 13.1. The van der Waals surface area contributed by atoms with Crippen LogP contribution < -0.4 is 4.74 Å². The van der Waals surface area contributed by atoms with E-state index in [9.17, 15) is 9.59 Å². The number of hydrogen-bond donors (Lipinski definition) is 0. The predicted molar refractivity (Wildman–Crippen MR) is 99.6 cm³/mol. The molecule has 0 N–H and O–H groups in total. The normalized spacial score (nSPS) is 15.3. The number of amides is 1. The van der Waals surface area contributed by atoms with Crippen LogP contribution in [0, 0.1) is 5.92 Å². The maximum Gasteiger partial charge on any atom is 0.328 e. The minimum absolute atomic E-state index is 0.226. The van der Waals surface area contributed by atoms with Crippen molar-refractivity contribution in [3.05, 3.63) is 54.3 Å². The molecule has 0 radical (unpaired) electrons. The van der Waals surface area contributed by atoms with Crippen LogP contribution in [0.25, 0.3) is 10.8 Å². The van der Waals surface area contributed by atoms with Gasteiger partial charge in [-0.1, -0.05) is 50.2 Å². The molecule has 0 spiro atoms. The second kappa shape index (κ2) is 7.60. The molecular weight excluding hydrogens is 330 g/mol. The highest BCUT2D eigenvalue weighted by molar-refractivity contribution is 5.94. The number of nitrogens with zero attached hydrogens (tertiary/aromatic N) is 1. The molecular formula is C21H23NO4. The van der Waals surface area contributed by atoms with Crippen molar-refractivity contribution in [1.29, 1.82) is 0 Å². The topological polar surface area (TPSA) is 55.8 Å². The second-order valence-electron chi connectivity index (χ2n) is 6.82. The summed E-state index contributed by atoms with van der Waals surface area (Å²) in [6.45, 7) is 4.28. The number of carbonyl (C=O) groups excluding carboxylic acids is 2. The van der Waals surface area contributed by atoms with E-state index < -0.39 is 12.0 Å². The Morgan fingerprint density at radius 3 is 2.62 bits per heavy atom. The lowest BCUT2D eigenvalue weighted by Crippen LogP contribution is -2.44. The van der Waals surface area contributed by atoms with Gasteiger partial charge in [0.1, 0.15) is 17.6 Å². The molecule has 26 heavy (non-hydrogen) atoms. The van der Waals surface area contributed by atoms with Crippen LogP contribution in [0.1, 0.15) is 20.3 Å². The summed E-state index contributed by atoms with van der Waals surface area (Å²) in [7, 11) is 1.34. The summed E-state index contributed by atoms with van der Waals surface area (Å²) in [4.78, 5) is 26.1. The van der Waals surface area contributed by atoms with Crippen LogP contribution in [0.3, 0.4) is 0 Å². The van der Waals surface area contributed by atoms with Gasteiger partial charge in [0.25, 0.3) is 5.91 Å². The van der Waals surface area contributed by atoms with Gasteiger partial charge in [0.15, 0.2) is 0 Å². The quantitative estimate of drug-likeness (QED) is 0.746. The lowest BCUT2D eigenvalue weighted by molar-refractivity contribution is -0.151. The van der Waals surface area contributed by atoms with Gasteiger partial charge in [-0.05, 0) is 23.8 Å². The van der Waals surface area contributed by atoms with Crippen molar-refractivity contribution in [3.8, 4) is 5.75 Å². The summed E-state index contributed by atoms with van der Waals surface area (Å²) in [6.07, 6.45) is 2.01. The van der Waals surface area contributed by atoms with Crippen molar-refractivity contribution in [1.82, 2.24) is 4.90 Å². The van der Waals surface area contributed by atoms with Crippen LogP contribution in [-0.2, 0) is 14.3 Å². The van der Waals surface area contributed by atoms with Gasteiger partial charge in [-0.15, -0.1) is 0 Å². The first-order chi connectivity index (χ1) is 12.5. The minimum atomic E-state index is -0.600. The third-order valence-electron chi connectivity index (χ3n) is 4.43. The third kappa shape index (κ3) is 3.72. The molecule has 0 aliphatic carbocycles. The van der Waals surface area contributed by atoms with E-state index in [1.807, 2.05) is 56.3 Å². The number of methoxy groups -OCH3 is 1. The molecule has 0 bridgehead atoms. The first-order valence-corrected chi connectivity index (χ1v) is 8.74. The van der Waals surface area contributed by atoms with Crippen LogP contribution in [-0.4, -0.2) is 36.5 Å². The van der Waals surface area contributed by atoms with Crippen molar-refractivity contribution in [2.75, 3.05) is 13.7 Å². The van der Waals surface area contributed by atoms with Gasteiger partial charge in [0.2, 0.25) is 0 Å². The van der Waals surface area contributed by atoms with E-state index in [0.717, 1.165) is 10.8 Å².